The Hall–Kier alpha value is -2.55. The molecule has 0 spiro atoms. The minimum Gasteiger partial charge on any atom is -0.265 e. The Balaban J connectivity index is 0.000000186. The number of halogens is 1. The zero-order chi connectivity index (χ0) is 13.3. The van der Waals surface area contributed by atoms with Crippen LogP contribution in [0.25, 0.3) is 11.3 Å². The van der Waals surface area contributed by atoms with E-state index in [1.807, 2.05) is 48.5 Å². The van der Waals surface area contributed by atoms with E-state index in [-0.39, 0.29) is 5.82 Å². The Bertz CT molecular complexity index is 553. The second-order valence-electron chi connectivity index (χ2n) is 3.75. The van der Waals surface area contributed by atoms with Gasteiger partial charge >= 0.3 is 0 Å². The maximum absolute atomic E-state index is 12.5. The maximum atomic E-state index is 12.5. The van der Waals surface area contributed by atoms with E-state index < -0.39 is 0 Å². The van der Waals surface area contributed by atoms with Crippen molar-refractivity contribution in [3.63, 3.8) is 0 Å². The third-order valence-electron chi connectivity index (χ3n) is 2.36. The van der Waals surface area contributed by atoms with Crippen LogP contribution in [0.2, 0.25) is 0 Å². The van der Waals surface area contributed by atoms with E-state index in [4.69, 9.17) is 0 Å². The largest absolute Gasteiger partial charge is 0.265 e. The van der Waals surface area contributed by atoms with Gasteiger partial charge in [-0.1, -0.05) is 36.4 Å². The Labute approximate surface area is 111 Å². The van der Waals surface area contributed by atoms with Crippen molar-refractivity contribution in [2.45, 2.75) is 0 Å². The monoisotopic (exact) mass is 252 g/mol. The predicted octanol–water partition coefficient (Wildman–Crippen LogP) is 3.97. The molecule has 0 bridgehead atoms. The van der Waals surface area contributed by atoms with Crippen LogP contribution in [-0.2, 0) is 0 Å². The van der Waals surface area contributed by atoms with E-state index in [1.54, 1.807) is 18.5 Å². The van der Waals surface area contributed by atoms with Crippen molar-refractivity contribution in [1.82, 2.24) is 9.97 Å². The van der Waals surface area contributed by atoms with Crippen LogP contribution in [0.15, 0.2) is 79.3 Å². The van der Waals surface area contributed by atoms with Crippen LogP contribution in [0.3, 0.4) is 0 Å². The molecular formula is C16H13FN2. The normalized spacial score (nSPS) is 9.32. The number of aromatic nitrogens is 2. The molecule has 2 aromatic heterocycles. The fourth-order valence-electron chi connectivity index (χ4n) is 1.47. The number of hydrogen-bond acceptors (Lipinski definition) is 2. The molecule has 19 heavy (non-hydrogen) atoms. The summed E-state index contributed by atoms with van der Waals surface area (Å²) in [6, 6.07) is 18.5. The van der Waals surface area contributed by atoms with Gasteiger partial charge in [-0.05, 0) is 24.3 Å². The van der Waals surface area contributed by atoms with Crippen LogP contribution < -0.4 is 0 Å². The molecule has 0 N–H and O–H groups in total. The second-order valence-corrected chi connectivity index (χ2v) is 3.75. The highest BCUT2D eigenvalue weighted by molar-refractivity contribution is 5.58. The Morgan fingerprint density at radius 2 is 1.42 bits per heavy atom. The molecule has 0 saturated carbocycles. The van der Waals surface area contributed by atoms with E-state index in [0.717, 1.165) is 11.3 Å². The lowest BCUT2D eigenvalue weighted by Gasteiger charge is -1.98. The number of rotatable bonds is 1. The lowest BCUT2D eigenvalue weighted by atomic mass is 10.1. The van der Waals surface area contributed by atoms with E-state index in [9.17, 15) is 4.39 Å². The van der Waals surface area contributed by atoms with Gasteiger partial charge in [0.1, 0.15) is 5.82 Å². The molecule has 0 fully saturated rings. The lowest BCUT2D eigenvalue weighted by Crippen LogP contribution is -1.83. The molecule has 2 heterocycles. The number of pyridine rings is 2. The first-order chi connectivity index (χ1) is 9.36. The molecule has 0 atom stereocenters. The third kappa shape index (κ3) is 4.32. The molecule has 0 amide bonds. The van der Waals surface area contributed by atoms with Crippen molar-refractivity contribution < 1.29 is 4.39 Å². The molecule has 0 aliphatic rings. The Kier molecular flexibility index (Phi) is 4.76. The summed E-state index contributed by atoms with van der Waals surface area (Å²) in [6.07, 6.45) is 4.72. The summed E-state index contributed by atoms with van der Waals surface area (Å²) in [5.74, 6) is -0.306. The van der Waals surface area contributed by atoms with Crippen molar-refractivity contribution in [3.8, 4) is 11.3 Å². The average molecular weight is 252 g/mol. The summed E-state index contributed by atoms with van der Waals surface area (Å²) in [5.41, 5.74) is 1.80. The molecule has 3 rings (SSSR count). The summed E-state index contributed by atoms with van der Waals surface area (Å²) in [6.45, 7) is 0. The van der Waals surface area contributed by atoms with E-state index in [1.165, 1.54) is 12.3 Å². The number of nitrogens with zero attached hydrogens (tertiary/aromatic N) is 2. The molecule has 3 aromatic rings. The summed E-state index contributed by atoms with van der Waals surface area (Å²) in [7, 11) is 0. The van der Waals surface area contributed by atoms with E-state index in [2.05, 4.69) is 9.97 Å². The first kappa shape index (κ1) is 12.9. The summed E-state index contributed by atoms with van der Waals surface area (Å²) >= 11 is 0. The van der Waals surface area contributed by atoms with Crippen molar-refractivity contribution in [3.05, 3.63) is 85.1 Å². The first-order valence-corrected chi connectivity index (χ1v) is 5.88. The van der Waals surface area contributed by atoms with Gasteiger partial charge in [0.25, 0.3) is 0 Å². The molecule has 0 aliphatic carbocycles. The van der Waals surface area contributed by atoms with Crippen LogP contribution in [0.1, 0.15) is 0 Å². The zero-order valence-electron chi connectivity index (χ0n) is 10.3. The molecule has 1 aromatic carbocycles. The minimum absolute atomic E-state index is 0.306. The highest BCUT2D eigenvalue weighted by Crippen LogP contribution is 2.15. The van der Waals surface area contributed by atoms with Gasteiger partial charge in [0.15, 0.2) is 0 Å². The number of benzene rings is 1. The quantitative estimate of drug-likeness (QED) is 0.655. The van der Waals surface area contributed by atoms with Gasteiger partial charge in [0.2, 0.25) is 0 Å². The SMILES string of the molecule is Fc1ccc(-c2ccccc2)nc1.c1ccncc1. The molecule has 3 heteroatoms. The first-order valence-electron chi connectivity index (χ1n) is 5.88. The van der Waals surface area contributed by atoms with Gasteiger partial charge in [0, 0.05) is 18.0 Å². The van der Waals surface area contributed by atoms with Crippen molar-refractivity contribution in [2.75, 3.05) is 0 Å². The highest BCUT2D eigenvalue weighted by Gasteiger charge is 1.96. The molecule has 0 aliphatic heterocycles. The van der Waals surface area contributed by atoms with Crippen LogP contribution >= 0.6 is 0 Å². The van der Waals surface area contributed by atoms with Gasteiger partial charge in [0.05, 0.1) is 11.9 Å². The van der Waals surface area contributed by atoms with Crippen molar-refractivity contribution >= 4 is 0 Å². The third-order valence-corrected chi connectivity index (χ3v) is 2.36. The van der Waals surface area contributed by atoms with Gasteiger partial charge in [-0.3, -0.25) is 9.97 Å². The van der Waals surface area contributed by atoms with Gasteiger partial charge < -0.3 is 0 Å². The Morgan fingerprint density at radius 3 is 1.89 bits per heavy atom. The standard InChI is InChI=1S/C11H8FN.C5H5N/c12-10-6-7-11(13-8-10)9-4-2-1-3-5-9;1-2-4-6-5-3-1/h1-8H;1-5H. The van der Waals surface area contributed by atoms with Crippen LogP contribution in [-0.4, -0.2) is 9.97 Å². The van der Waals surface area contributed by atoms with Crippen molar-refractivity contribution in [1.29, 1.82) is 0 Å². The van der Waals surface area contributed by atoms with E-state index >= 15 is 0 Å². The predicted molar refractivity (Wildman–Crippen MR) is 73.9 cm³/mol. The number of hydrogen-bond donors (Lipinski definition) is 0. The topological polar surface area (TPSA) is 25.8 Å². The molecule has 0 saturated heterocycles. The van der Waals surface area contributed by atoms with Gasteiger partial charge in [-0.25, -0.2) is 4.39 Å². The Morgan fingerprint density at radius 1 is 0.737 bits per heavy atom. The zero-order valence-corrected chi connectivity index (χ0v) is 10.3. The summed E-state index contributed by atoms with van der Waals surface area (Å²) in [4.78, 5) is 7.76. The molecule has 2 nitrogen and oxygen atoms in total. The molecular weight excluding hydrogens is 239 g/mol. The fraction of sp³-hybridized carbons (Fsp3) is 0. The summed E-state index contributed by atoms with van der Waals surface area (Å²) < 4.78 is 12.5. The lowest BCUT2D eigenvalue weighted by molar-refractivity contribution is 0.622. The minimum atomic E-state index is -0.306. The van der Waals surface area contributed by atoms with Crippen LogP contribution in [0, 0.1) is 5.82 Å². The van der Waals surface area contributed by atoms with Gasteiger partial charge in [-0.15, -0.1) is 0 Å². The highest BCUT2D eigenvalue weighted by atomic mass is 19.1. The van der Waals surface area contributed by atoms with Gasteiger partial charge in [-0.2, -0.15) is 0 Å². The van der Waals surface area contributed by atoms with Crippen LogP contribution in [0.5, 0.6) is 0 Å². The maximum Gasteiger partial charge on any atom is 0.141 e. The molecule has 94 valence electrons. The average Bonchev–Trinajstić information content (AvgIpc) is 2.51. The van der Waals surface area contributed by atoms with E-state index in [0.29, 0.717) is 0 Å². The molecule has 0 unspecified atom stereocenters. The fourth-order valence-corrected chi connectivity index (χ4v) is 1.47. The van der Waals surface area contributed by atoms with Crippen molar-refractivity contribution in [2.24, 2.45) is 0 Å². The second kappa shape index (κ2) is 7.01. The van der Waals surface area contributed by atoms with Crippen LogP contribution in [0.4, 0.5) is 4.39 Å². The molecule has 0 radical (unpaired) electrons. The smallest absolute Gasteiger partial charge is 0.141 e. The summed E-state index contributed by atoms with van der Waals surface area (Å²) in [5, 5.41) is 0.